The van der Waals surface area contributed by atoms with Gasteiger partial charge in [0, 0.05) is 18.3 Å². The maximum Gasteiger partial charge on any atom is 0.345 e. The Morgan fingerprint density at radius 2 is 2.14 bits per heavy atom. The summed E-state index contributed by atoms with van der Waals surface area (Å²) in [5, 5.41) is 11.3. The molecule has 7 heteroatoms. The van der Waals surface area contributed by atoms with Gasteiger partial charge in [-0.15, -0.1) is 0 Å². The summed E-state index contributed by atoms with van der Waals surface area (Å²) in [7, 11) is 0. The van der Waals surface area contributed by atoms with E-state index in [0.717, 1.165) is 18.5 Å². The first-order valence-electron chi connectivity index (χ1n) is 9.47. The second kappa shape index (κ2) is 7.24. The summed E-state index contributed by atoms with van der Waals surface area (Å²) in [6.45, 7) is 3.70. The number of ether oxygens (including phenoxy) is 2. The Kier molecular flexibility index (Phi) is 4.77. The zero-order valence-corrected chi connectivity index (χ0v) is 15.7. The lowest BCUT2D eigenvalue weighted by Crippen LogP contribution is -2.49. The zero-order valence-electron chi connectivity index (χ0n) is 15.7. The van der Waals surface area contributed by atoms with Crippen molar-refractivity contribution in [3.8, 4) is 0 Å². The number of carbonyl (C=O) groups is 1. The van der Waals surface area contributed by atoms with Crippen LogP contribution >= 0.6 is 0 Å². The van der Waals surface area contributed by atoms with Crippen LogP contribution in [0.25, 0.3) is 0 Å². The molecule has 0 amide bonds. The van der Waals surface area contributed by atoms with Crippen LogP contribution in [0.1, 0.15) is 34.8 Å². The lowest BCUT2D eigenvalue weighted by Gasteiger charge is -2.42. The summed E-state index contributed by atoms with van der Waals surface area (Å²) in [5.41, 5.74) is 2.65. The number of rotatable bonds is 4. The van der Waals surface area contributed by atoms with E-state index < -0.39 is 10.9 Å². The van der Waals surface area contributed by atoms with Gasteiger partial charge >= 0.3 is 5.97 Å². The molecule has 0 radical (unpaired) electrons. The van der Waals surface area contributed by atoms with Crippen LogP contribution in [0.15, 0.2) is 42.5 Å². The predicted molar refractivity (Wildman–Crippen MR) is 104 cm³/mol. The molecule has 28 heavy (non-hydrogen) atoms. The third kappa shape index (κ3) is 3.11. The molecule has 146 valence electrons. The summed E-state index contributed by atoms with van der Waals surface area (Å²) in [5.74, 6) is -0.676. The Bertz CT molecular complexity index is 925. The fourth-order valence-corrected chi connectivity index (χ4v) is 4.23. The number of benzene rings is 2. The molecule has 0 aromatic heterocycles. The number of aryl methyl sites for hydroxylation is 1. The van der Waals surface area contributed by atoms with Crippen LogP contribution in [0.2, 0.25) is 0 Å². The van der Waals surface area contributed by atoms with Crippen molar-refractivity contribution in [1.82, 2.24) is 0 Å². The minimum absolute atomic E-state index is 0.0169. The highest BCUT2D eigenvalue weighted by molar-refractivity contribution is 5.95. The molecule has 1 saturated heterocycles. The molecule has 2 aromatic carbocycles. The molecule has 1 aliphatic heterocycles. The van der Waals surface area contributed by atoms with E-state index in [1.165, 1.54) is 17.2 Å². The average molecular weight is 382 g/mol. The van der Waals surface area contributed by atoms with Crippen LogP contribution in [0, 0.1) is 10.1 Å². The maximum atomic E-state index is 12.2. The molecule has 1 fully saturated rings. The van der Waals surface area contributed by atoms with Crippen molar-refractivity contribution in [2.75, 3.05) is 31.2 Å². The summed E-state index contributed by atoms with van der Waals surface area (Å²) < 4.78 is 11.3. The predicted octanol–water partition coefficient (Wildman–Crippen LogP) is 3.45. The van der Waals surface area contributed by atoms with Crippen LogP contribution in [-0.4, -0.2) is 37.2 Å². The minimum atomic E-state index is -0.676. The molecular weight excluding hydrogens is 360 g/mol. The molecule has 1 atom stereocenters. The van der Waals surface area contributed by atoms with Gasteiger partial charge in [0.1, 0.15) is 11.2 Å². The third-order valence-electron chi connectivity index (χ3n) is 5.53. The average Bonchev–Trinajstić information content (AvgIpc) is 3.06. The highest BCUT2D eigenvalue weighted by Crippen LogP contribution is 2.43. The third-order valence-corrected chi connectivity index (χ3v) is 5.53. The van der Waals surface area contributed by atoms with Crippen molar-refractivity contribution in [2.24, 2.45) is 0 Å². The van der Waals surface area contributed by atoms with Gasteiger partial charge < -0.3 is 14.4 Å². The van der Waals surface area contributed by atoms with Gasteiger partial charge in [0.2, 0.25) is 0 Å². The largest absolute Gasteiger partial charge is 0.462 e. The Balaban J connectivity index is 1.67. The number of nitro benzene ring substituents is 1. The van der Waals surface area contributed by atoms with Crippen molar-refractivity contribution in [3.63, 3.8) is 0 Å². The molecule has 0 N–H and O–H groups in total. The number of morpholine rings is 1. The van der Waals surface area contributed by atoms with Crippen LogP contribution in [0.4, 0.5) is 11.4 Å². The lowest BCUT2D eigenvalue weighted by atomic mass is 9.93. The second-order valence-electron chi connectivity index (χ2n) is 7.10. The number of nitro groups is 1. The molecule has 1 aliphatic carbocycles. The van der Waals surface area contributed by atoms with Crippen molar-refractivity contribution >= 4 is 17.3 Å². The Morgan fingerprint density at radius 1 is 1.32 bits per heavy atom. The molecular formula is C21H22N2O5. The van der Waals surface area contributed by atoms with Gasteiger partial charge in [-0.05, 0) is 43.0 Å². The minimum Gasteiger partial charge on any atom is -0.462 e. The lowest BCUT2D eigenvalue weighted by molar-refractivity contribution is -0.385. The standard InChI is InChI=1S/C21H22N2O5/c1-2-27-20(24)17-13-16(7-8-19(17)23(25)26)22-11-12-28-21(14-22)10-9-15-5-3-4-6-18(15)21/h3-8,13H,2,9-12,14H2,1H3. The number of carbonyl (C=O) groups excluding carboxylic acids is 1. The van der Waals surface area contributed by atoms with E-state index in [0.29, 0.717) is 19.7 Å². The van der Waals surface area contributed by atoms with Gasteiger partial charge in [-0.25, -0.2) is 4.79 Å². The van der Waals surface area contributed by atoms with E-state index in [4.69, 9.17) is 9.47 Å². The SMILES string of the molecule is CCOC(=O)c1cc(N2CCOC3(CCc4ccccc43)C2)ccc1[N+](=O)[O-]. The molecule has 0 bridgehead atoms. The Labute approximate surface area is 163 Å². The normalized spacial score (nSPS) is 20.8. The topological polar surface area (TPSA) is 81.9 Å². The summed E-state index contributed by atoms with van der Waals surface area (Å²) in [6, 6.07) is 13.0. The first-order chi connectivity index (χ1) is 13.5. The number of anilines is 1. The van der Waals surface area contributed by atoms with Crippen LogP contribution < -0.4 is 4.90 Å². The number of nitrogens with zero attached hydrogens (tertiary/aromatic N) is 2. The van der Waals surface area contributed by atoms with E-state index in [9.17, 15) is 14.9 Å². The van der Waals surface area contributed by atoms with Gasteiger partial charge in [-0.2, -0.15) is 0 Å². The van der Waals surface area contributed by atoms with Gasteiger partial charge in [-0.1, -0.05) is 24.3 Å². The first-order valence-corrected chi connectivity index (χ1v) is 9.47. The monoisotopic (exact) mass is 382 g/mol. The molecule has 1 unspecified atom stereocenters. The van der Waals surface area contributed by atoms with Gasteiger partial charge in [-0.3, -0.25) is 10.1 Å². The van der Waals surface area contributed by atoms with Crippen LogP contribution in [0.5, 0.6) is 0 Å². The van der Waals surface area contributed by atoms with Crippen molar-refractivity contribution in [1.29, 1.82) is 0 Å². The highest BCUT2D eigenvalue weighted by atomic mass is 16.6. The molecule has 2 aromatic rings. The Hall–Kier alpha value is -2.93. The van der Waals surface area contributed by atoms with Crippen LogP contribution in [-0.2, 0) is 21.5 Å². The molecule has 0 saturated carbocycles. The molecule has 1 heterocycles. The molecule has 2 aliphatic rings. The van der Waals surface area contributed by atoms with Gasteiger partial charge in [0.15, 0.2) is 0 Å². The van der Waals surface area contributed by atoms with Crippen molar-refractivity contribution in [3.05, 3.63) is 69.3 Å². The summed E-state index contributed by atoms with van der Waals surface area (Å²) >= 11 is 0. The van der Waals surface area contributed by atoms with Gasteiger partial charge in [0.05, 0.1) is 24.7 Å². The number of hydrogen-bond donors (Lipinski definition) is 0. The van der Waals surface area contributed by atoms with Crippen molar-refractivity contribution in [2.45, 2.75) is 25.4 Å². The molecule has 7 nitrogen and oxygen atoms in total. The zero-order chi connectivity index (χ0) is 19.7. The fraction of sp³-hybridized carbons (Fsp3) is 0.381. The number of fused-ring (bicyclic) bond motifs is 2. The van der Waals surface area contributed by atoms with E-state index in [-0.39, 0.29) is 23.5 Å². The number of hydrogen-bond acceptors (Lipinski definition) is 6. The van der Waals surface area contributed by atoms with E-state index in [2.05, 4.69) is 17.0 Å². The summed E-state index contributed by atoms with van der Waals surface area (Å²) in [6.07, 6.45) is 1.87. The quantitative estimate of drug-likeness (QED) is 0.458. The second-order valence-corrected chi connectivity index (χ2v) is 7.10. The van der Waals surface area contributed by atoms with E-state index in [1.54, 1.807) is 19.1 Å². The van der Waals surface area contributed by atoms with Crippen LogP contribution in [0.3, 0.4) is 0 Å². The smallest absolute Gasteiger partial charge is 0.345 e. The van der Waals surface area contributed by atoms with E-state index in [1.807, 2.05) is 12.1 Å². The van der Waals surface area contributed by atoms with Gasteiger partial charge in [0.25, 0.3) is 5.69 Å². The maximum absolute atomic E-state index is 12.2. The first kappa shape index (κ1) is 18.4. The highest BCUT2D eigenvalue weighted by Gasteiger charge is 2.43. The molecule has 1 spiro atoms. The molecule has 4 rings (SSSR count). The summed E-state index contributed by atoms with van der Waals surface area (Å²) in [4.78, 5) is 25.2. The van der Waals surface area contributed by atoms with Crippen molar-refractivity contribution < 1.29 is 19.2 Å². The Morgan fingerprint density at radius 3 is 2.93 bits per heavy atom. The fourth-order valence-electron chi connectivity index (χ4n) is 4.23. The number of esters is 1. The van der Waals surface area contributed by atoms with E-state index >= 15 is 0 Å².